The zero-order valence-electron chi connectivity index (χ0n) is 16.9. The quantitative estimate of drug-likeness (QED) is 0.490. The smallest absolute Gasteiger partial charge is 0.338 e. The van der Waals surface area contributed by atoms with Crippen LogP contribution >= 0.6 is 23.2 Å². The lowest BCUT2D eigenvalue weighted by atomic mass is 10.1. The highest BCUT2D eigenvalue weighted by Crippen LogP contribution is 2.33. The normalized spacial score (nSPS) is 13.7. The van der Waals surface area contributed by atoms with Crippen molar-refractivity contribution in [1.82, 2.24) is 5.32 Å². The van der Waals surface area contributed by atoms with Crippen LogP contribution < -0.4 is 10.2 Å². The van der Waals surface area contributed by atoms with Gasteiger partial charge >= 0.3 is 5.97 Å². The maximum Gasteiger partial charge on any atom is 0.338 e. The summed E-state index contributed by atoms with van der Waals surface area (Å²) < 4.78 is 5.04. The number of amides is 3. The van der Waals surface area contributed by atoms with Crippen molar-refractivity contribution in [2.24, 2.45) is 0 Å². The van der Waals surface area contributed by atoms with E-state index in [0.29, 0.717) is 5.02 Å². The largest absolute Gasteiger partial charge is 0.452 e. The molecule has 162 valence electrons. The fourth-order valence-corrected chi connectivity index (χ4v) is 3.55. The summed E-state index contributed by atoms with van der Waals surface area (Å²) in [5.41, 5.74) is 0.540. The summed E-state index contributed by atoms with van der Waals surface area (Å²) in [5.74, 6) is -2.32. The Balaban J connectivity index is 1.73. The monoisotopic (exact) mass is 462 g/mol. The standard InChI is InChI=1S/C22H20Cl2N2O5/c1-3-4-12(2)25-19(27)11-31-22(30)13-5-7-15-16(9-13)21(29)26(20(15)28)14-6-8-17(23)18(24)10-14/h5-10,12H,3-4,11H2,1-2H3,(H,25,27). The van der Waals surface area contributed by atoms with Crippen LogP contribution in [0.3, 0.4) is 0 Å². The first-order chi connectivity index (χ1) is 14.7. The van der Waals surface area contributed by atoms with E-state index < -0.39 is 30.3 Å². The van der Waals surface area contributed by atoms with Crippen molar-refractivity contribution in [3.05, 3.63) is 63.1 Å². The van der Waals surface area contributed by atoms with Crippen LogP contribution in [0.1, 0.15) is 57.8 Å². The maximum absolute atomic E-state index is 12.8. The summed E-state index contributed by atoms with van der Waals surface area (Å²) >= 11 is 11.9. The number of nitrogens with zero attached hydrogens (tertiary/aromatic N) is 1. The number of ether oxygens (including phenoxy) is 1. The maximum atomic E-state index is 12.8. The van der Waals surface area contributed by atoms with E-state index >= 15 is 0 Å². The molecule has 0 saturated heterocycles. The Labute approximate surface area is 189 Å². The summed E-state index contributed by atoms with van der Waals surface area (Å²) in [5, 5.41) is 3.23. The fraction of sp³-hybridized carbons (Fsp3) is 0.273. The molecular weight excluding hydrogens is 443 g/mol. The average Bonchev–Trinajstić information content (AvgIpc) is 2.98. The van der Waals surface area contributed by atoms with E-state index in [1.54, 1.807) is 0 Å². The third-order valence-corrected chi connectivity index (χ3v) is 5.49. The zero-order chi connectivity index (χ0) is 22.7. The number of carbonyl (C=O) groups excluding carboxylic acids is 4. The second kappa shape index (κ2) is 9.49. The Hall–Kier alpha value is -2.90. The number of carbonyl (C=O) groups is 4. The van der Waals surface area contributed by atoms with Gasteiger partial charge in [-0.05, 0) is 49.7 Å². The highest BCUT2D eigenvalue weighted by molar-refractivity contribution is 6.42. The number of imide groups is 1. The van der Waals surface area contributed by atoms with Crippen LogP contribution in [0.2, 0.25) is 10.0 Å². The van der Waals surface area contributed by atoms with Crippen LogP contribution in [0.15, 0.2) is 36.4 Å². The molecule has 0 saturated carbocycles. The van der Waals surface area contributed by atoms with Crippen LogP contribution in [-0.4, -0.2) is 36.3 Å². The SMILES string of the molecule is CCCC(C)NC(=O)COC(=O)c1ccc2c(c1)C(=O)N(c1ccc(Cl)c(Cl)c1)C2=O. The first-order valence-electron chi connectivity index (χ1n) is 9.67. The van der Waals surface area contributed by atoms with E-state index in [1.807, 2.05) is 13.8 Å². The molecule has 1 unspecified atom stereocenters. The highest BCUT2D eigenvalue weighted by Gasteiger charge is 2.37. The Morgan fingerprint density at radius 1 is 1.03 bits per heavy atom. The van der Waals surface area contributed by atoms with Crippen LogP contribution in [0.4, 0.5) is 5.69 Å². The minimum absolute atomic E-state index is 0.0211. The van der Waals surface area contributed by atoms with Crippen LogP contribution in [0.5, 0.6) is 0 Å². The molecule has 1 aliphatic heterocycles. The van der Waals surface area contributed by atoms with Gasteiger partial charge in [0.2, 0.25) is 0 Å². The molecular formula is C22H20Cl2N2O5. The van der Waals surface area contributed by atoms with E-state index in [9.17, 15) is 19.2 Å². The van der Waals surface area contributed by atoms with E-state index in [4.69, 9.17) is 27.9 Å². The number of hydrogen-bond acceptors (Lipinski definition) is 5. The Kier molecular flexibility index (Phi) is 6.97. The molecule has 2 aromatic rings. The second-order valence-corrected chi connectivity index (χ2v) is 7.95. The van der Waals surface area contributed by atoms with E-state index in [-0.39, 0.29) is 33.4 Å². The van der Waals surface area contributed by atoms with Crippen molar-refractivity contribution in [2.75, 3.05) is 11.5 Å². The molecule has 0 spiro atoms. The number of anilines is 1. The molecule has 0 aromatic heterocycles. The van der Waals surface area contributed by atoms with Crippen molar-refractivity contribution >= 4 is 52.6 Å². The lowest BCUT2D eigenvalue weighted by molar-refractivity contribution is -0.124. The average molecular weight is 463 g/mol. The molecule has 1 atom stereocenters. The summed E-state index contributed by atoms with van der Waals surface area (Å²) in [7, 11) is 0. The number of esters is 1. The number of benzene rings is 2. The second-order valence-electron chi connectivity index (χ2n) is 7.14. The van der Waals surface area contributed by atoms with E-state index in [1.165, 1.54) is 36.4 Å². The van der Waals surface area contributed by atoms with Gasteiger partial charge in [-0.3, -0.25) is 14.4 Å². The first kappa shape index (κ1) is 22.8. The Morgan fingerprint density at radius 3 is 2.42 bits per heavy atom. The molecule has 31 heavy (non-hydrogen) atoms. The molecule has 7 nitrogen and oxygen atoms in total. The molecule has 0 aliphatic carbocycles. The van der Waals surface area contributed by atoms with Crippen molar-refractivity contribution < 1.29 is 23.9 Å². The lowest BCUT2D eigenvalue weighted by Gasteiger charge is -2.14. The third kappa shape index (κ3) is 4.89. The van der Waals surface area contributed by atoms with Gasteiger partial charge in [0.25, 0.3) is 17.7 Å². The van der Waals surface area contributed by atoms with Crippen LogP contribution in [-0.2, 0) is 9.53 Å². The summed E-state index contributed by atoms with van der Waals surface area (Å²) in [6.45, 7) is 3.43. The van der Waals surface area contributed by atoms with Gasteiger partial charge in [0.15, 0.2) is 6.61 Å². The molecule has 3 rings (SSSR count). The summed E-state index contributed by atoms with van der Waals surface area (Å²) in [4.78, 5) is 50.7. The summed E-state index contributed by atoms with van der Waals surface area (Å²) in [6, 6.07) is 8.43. The molecule has 1 aliphatic rings. The highest BCUT2D eigenvalue weighted by atomic mass is 35.5. The van der Waals surface area contributed by atoms with Gasteiger partial charge in [0, 0.05) is 6.04 Å². The van der Waals surface area contributed by atoms with Crippen LogP contribution in [0, 0.1) is 0 Å². The molecule has 3 amide bonds. The predicted molar refractivity (Wildman–Crippen MR) is 117 cm³/mol. The van der Waals surface area contributed by atoms with Gasteiger partial charge in [-0.1, -0.05) is 36.5 Å². The molecule has 1 N–H and O–H groups in total. The number of halogens is 2. The molecule has 0 bridgehead atoms. The van der Waals surface area contributed by atoms with Crippen LogP contribution in [0.25, 0.3) is 0 Å². The lowest BCUT2D eigenvalue weighted by Crippen LogP contribution is -2.35. The first-order valence-corrected chi connectivity index (χ1v) is 10.4. The number of rotatable bonds is 7. The Bertz CT molecular complexity index is 1070. The van der Waals surface area contributed by atoms with Crippen molar-refractivity contribution in [2.45, 2.75) is 32.7 Å². The predicted octanol–water partition coefficient (Wildman–Crippen LogP) is 4.26. The zero-order valence-corrected chi connectivity index (χ0v) is 18.4. The summed E-state index contributed by atoms with van der Waals surface area (Å²) in [6.07, 6.45) is 1.73. The van der Waals surface area contributed by atoms with E-state index in [0.717, 1.165) is 17.7 Å². The topological polar surface area (TPSA) is 92.8 Å². The molecule has 2 aromatic carbocycles. The Morgan fingerprint density at radius 2 is 1.74 bits per heavy atom. The minimum Gasteiger partial charge on any atom is -0.452 e. The molecule has 1 heterocycles. The minimum atomic E-state index is -0.769. The molecule has 0 fully saturated rings. The van der Waals surface area contributed by atoms with Gasteiger partial charge in [-0.15, -0.1) is 0 Å². The van der Waals surface area contributed by atoms with E-state index in [2.05, 4.69) is 5.32 Å². The van der Waals surface area contributed by atoms with Crippen molar-refractivity contribution in [3.63, 3.8) is 0 Å². The molecule has 0 radical (unpaired) electrons. The van der Waals surface area contributed by atoms with Gasteiger partial charge in [-0.2, -0.15) is 0 Å². The third-order valence-electron chi connectivity index (χ3n) is 4.75. The number of fused-ring (bicyclic) bond motifs is 1. The van der Waals surface area contributed by atoms with Gasteiger partial charge in [0.05, 0.1) is 32.4 Å². The van der Waals surface area contributed by atoms with Gasteiger partial charge < -0.3 is 10.1 Å². The van der Waals surface area contributed by atoms with Gasteiger partial charge in [-0.25, -0.2) is 9.69 Å². The van der Waals surface area contributed by atoms with Crippen molar-refractivity contribution in [1.29, 1.82) is 0 Å². The van der Waals surface area contributed by atoms with Gasteiger partial charge in [0.1, 0.15) is 0 Å². The van der Waals surface area contributed by atoms with Crippen molar-refractivity contribution in [3.8, 4) is 0 Å². The number of hydrogen-bond donors (Lipinski definition) is 1. The molecule has 9 heteroatoms. The number of nitrogens with one attached hydrogen (secondary N) is 1. The fourth-order valence-electron chi connectivity index (χ4n) is 3.26.